The van der Waals surface area contributed by atoms with Crippen molar-refractivity contribution in [1.29, 1.82) is 0 Å². The average molecular weight is 553 g/mol. The van der Waals surface area contributed by atoms with Crippen LogP contribution in [-0.4, -0.2) is 69.8 Å². The van der Waals surface area contributed by atoms with Crippen molar-refractivity contribution in [2.24, 2.45) is 0 Å². The van der Waals surface area contributed by atoms with Crippen LogP contribution in [0.5, 0.6) is 5.75 Å². The van der Waals surface area contributed by atoms with E-state index < -0.39 is 28.7 Å². The van der Waals surface area contributed by atoms with E-state index in [9.17, 15) is 18.0 Å². The van der Waals surface area contributed by atoms with Crippen LogP contribution in [0.3, 0.4) is 0 Å². The Hall–Kier alpha value is -3.89. The van der Waals surface area contributed by atoms with Crippen LogP contribution in [0.2, 0.25) is 0 Å². The molecule has 0 aliphatic heterocycles. The van der Waals surface area contributed by atoms with Crippen LogP contribution < -0.4 is 14.4 Å². The number of likely N-dealkylation sites (N-methyl/N-ethyl adjacent to an activating group) is 1. The summed E-state index contributed by atoms with van der Waals surface area (Å²) in [6, 6.07) is 24.2. The Balaban J connectivity index is 2.07. The monoisotopic (exact) mass is 552 g/mol. The molecule has 0 aliphatic rings. The molecule has 0 bridgehead atoms. The quantitative estimate of drug-likeness (QED) is 0.351. The smallest absolute Gasteiger partial charge is 0.304 e. The Bertz CT molecular complexity index is 1330. The van der Waals surface area contributed by atoms with Gasteiger partial charge in [0.15, 0.2) is 0 Å². The van der Waals surface area contributed by atoms with Crippen LogP contribution in [0, 0.1) is 0 Å². The first-order valence-electron chi connectivity index (χ1n) is 12.7. The molecule has 3 aromatic rings. The van der Waals surface area contributed by atoms with E-state index in [0.29, 0.717) is 18.0 Å². The number of ether oxygens (including phenoxy) is 1. The van der Waals surface area contributed by atoms with Crippen molar-refractivity contribution in [3.05, 3.63) is 96.1 Å². The van der Waals surface area contributed by atoms with Gasteiger partial charge in [-0.3, -0.25) is 9.59 Å². The van der Waals surface area contributed by atoms with E-state index in [1.54, 1.807) is 49.6 Å². The first kappa shape index (κ1) is 29.7. The second-order valence-electron chi connectivity index (χ2n) is 9.11. The molecule has 3 rings (SSSR count). The van der Waals surface area contributed by atoms with Gasteiger partial charge in [-0.1, -0.05) is 60.7 Å². The minimum Gasteiger partial charge on any atom is -0.497 e. The molecular weight excluding hydrogens is 516 g/mol. The highest BCUT2D eigenvalue weighted by Gasteiger charge is 2.34. The molecule has 2 amide bonds. The average Bonchev–Trinajstić information content (AvgIpc) is 2.94. The SMILES string of the molecule is CCNC(=O)[C@H](Cc1ccccc1)N(Cc1cccc(OC)c1)C(=O)CN(c1ccccc1)S(=O)(=O)N(C)C. The summed E-state index contributed by atoms with van der Waals surface area (Å²) in [5.41, 5.74) is 1.96. The van der Waals surface area contributed by atoms with Gasteiger partial charge in [-0.25, -0.2) is 4.31 Å². The Morgan fingerprint density at radius 1 is 0.897 bits per heavy atom. The largest absolute Gasteiger partial charge is 0.497 e. The van der Waals surface area contributed by atoms with Crippen molar-refractivity contribution in [2.45, 2.75) is 25.9 Å². The number of anilines is 1. The Kier molecular flexibility index (Phi) is 10.5. The fourth-order valence-electron chi connectivity index (χ4n) is 4.12. The number of rotatable bonds is 13. The van der Waals surface area contributed by atoms with E-state index in [4.69, 9.17) is 4.74 Å². The number of benzene rings is 3. The molecule has 10 heteroatoms. The lowest BCUT2D eigenvalue weighted by atomic mass is 10.0. The summed E-state index contributed by atoms with van der Waals surface area (Å²) in [5.74, 6) is -0.225. The highest BCUT2D eigenvalue weighted by atomic mass is 32.2. The zero-order chi connectivity index (χ0) is 28.4. The van der Waals surface area contributed by atoms with Crippen LogP contribution >= 0.6 is 0 Å². The number of nitrogens with one attached hydrogen (secondary N) is 1. The van der Waals surface area contributed by atoms with Crippen molar-refractivity contribution in [3.8, 4) is 5.75 Å². The Labute approximate surface area is 231 Å². The van der Waals surface area contributed by atoms with E-state index in [1.807, 2.05) is 49.4 Å². The second-order valence-corrected chi connectivity index (χ2v) is 11.2. The third-order valence-corrected chi connectivity index (χ3v) is 7.99. The molecule has 0 radical (unpaired) electrons. The minimum atomic E-state index is -4.02. The maximum atomic E-state index is 14.1. The van der Waals surface area contributed by atoms with E-state index in [2.05, 4.69) is 5.32 Å². The van der Waals surface area contributed by atoms with Crippen molar-refractivity contribution in [2.75, 3.05) is 38.6 Å². The van der Waals surface area contributed by atoms with Gasteiger partial charge in [0.05, 0.1) is 12.8 Å². The molecule has 39 heavy (non-hydrogen) atoms. The number of methoxy groups -OCH3 is 1. The maximum absolute atomic E-state index is 14.1. The van der Waals surface area contributed by atoms with E-state index in [0.717, 1.165) is 19.7 Å². The van der Waals surface area contributed by atoms with Gasteiger partial charge < -0.3 is 15.0 Å². The molecule has 0 fully saturated rings. The lowest BCUT2D eigenvalue weighted by molar-refractivity contribution is -0.140. The number of carbonyl (C=O) groups is 2. The van der Waals surface area contributed by atoms with Crippen LogP contribution in [0.1, 0.15) is 18.1 Å². The highest BCUT2D eigenvalue weighted by Crippen LogP contribution is 2.22. The van der Waals surface area contributed by atoms with E-state index in [-0.39, 0.29) is 18.9 Å². The molecule has 0 spiro atoms. The third kappa shape index (κ3) is 7.81. The Morgan fingerprint density at radius 3 is 2.10 bits per heavy atom. The Morgan fingerprint density at radius 2 is 1.51 bits per heavy atom. The lowest BCUT2D eigenvalue weighted by Gasteiger charge is -2.34. The van der Waals surface area contributed by atoms with Crippen molar-refractivity contribution in [1.82, 2.24) is 14.5 Å². The molecule has 0 aliphatic carbocycles. The number of carbonyl (C=O) groups excluding carboxylic acids is 2. The first-order chi connectivity index (χ1) is 18.7. The zero-order valence-corrected chi connectivity index (χ0v) is 23.6. The van der Waals surface area contributed by atoms with Crippen LogP contribution in [-0.2, 0) is 32.8 Å². The standard InChI is InChI=1S/C29H36N4O5S/c1-5-30-29(35)27(20-23-13-8-6-9-14-23)32(21-24-15-12-18-26(19-24)38-4)28(34)22-33(39(36,37)31(2)3)25-16-10-7-11-17-25/h6-19,27H,5,20-22H2,1-4H3,(H,30,35)/t27-/m0/s1. The summed E-state index contributed by atoms with van der Waals surface area (Å²) < 4.78 is 34.1. The summed E-state index contributed by atoms with van der Waals surface area (Å²) in [7, 11) is 0.360. The van der Waals surface area contributed by atoms with Gasteiger partial charge in [0.1, 0.15) is 18.3 Å². The molecule has 0 unspecified atom stereocenters. The van der Waals surface area contributed by atoms with Gasteiger partial charge in [0, 0.05) is 33.6 Å². The molecule has 1 N–H and O–H groups in total. The van der Waals surface area contributed by atoms with Gasteiger partial charge in [0.25, 0.3) is 0 Å². The van der Waals surface area contributed by atoms with E-state index >= 15 is 0 Å². The molecule has 3 aromatic carbocycles. The molecule has 1 atom stereocenters. The van der Waals surface area contributed by atoms with Crippen LogP contribution in [0.15, 0.2) is 84.9 Å². The van der Waals surface area contributed by atoms with Crippen LogP contribution in [0.4, 0.5) is 5.69 Å². The van der Waals surface area contributed by atoms with Crippen molar-refractivity contribution in [3.63, 3.8) is 0 Å². The number of nitrogens with zero attached hydrogens (tertiary/aromatic N) is 3. The fourth-order valence-corrected chi connectivity index (χ4v) is 5.18. The summed E-state index contributed by atoms with van der Waals surface area (Å²) in [4.78, 5) is 28.9. The number of amides is 2. The second kappa shape index (κ2) is 13.8. The summed E-state index contributed by atoms with van der Waals surface area (Å²) in [6.07, 6.45) is 0.258. The predicted molar refractivity (Wildman–Crippen MR) is 153 cm³/mol. The molecule has 0 saturated carbocycles. The first-order valence-corrected chi connectivity index (χ1v) is 14.1. The molecule has 0 saturated heterocycles. The molecule has 208 valence electrons. The number of hydrogen-bond acceptors (Lipinski definition) is 5. The fraction of sp³-hybridized carbons (Fsp3) is 0.310. The molecular formula is C29H36N4O5S. The normalized spacial score (nSPS) is 12.0. The third-order valence-electron chi connectivity index (χ3n) is 6.17. The summed E-state index contributed by atoms with van der Waals surface area (Å²) >= 11 is 0. The summed E-state index contributed by atoms with van der Waals surface area (Å²) in [6.45, 7) is 1.79. The predicted octanol–water partition coefficient (Wildman–Crippen LogP) is 3.08. The number of para-hydroxylation sites is 1. The minimum absolute atomic E-state index is 0.0787. The summed E-state index contributed by atoms with van der Waals surface area (Å²) in [5, 5.41) is 2.85. The van der Waals surface area contributed by atoms with Gasteiger partial charge >= 0.3 is 10.2 Å². The van der Waals surface area contributed by atoms with Crippen molar-refractivity contribution < 1.29 is 22.7 Å². The van der Waals surface area contributed by atoms with Gasteiger partial charge in [-0.2, -0.15) is 12.7 Å². The van der Waals surface area contributed by atoms with E-state index in [1.165, 1.54) is 19.0 Å². The maximum Gasteiger partial charge on any atom is 0.304 e. The lowest BCUT2D eigenvalue weighted by Crippen LogP contribution is -2.54. The molecule has 9 nitrogen and oxygen atoms in total. The molecule has 0 heterocycles. The van der Waals surface area contributed by atoms with Gasteiger partial charge in [0.2, 0.25) is 11.8 Å². The topological polar surface area (TPSA) is 99.3 Å². The van der Waals surface area contributed by atoms with Gasteiger partial charge in [-0.05, 0) is 42.3 Å². The van der Waals surface area contributed by atoms with Gasteiger partial charge in [-0.15, -0.1) is 0 Å². The zero-order valence-electron chi connectivity index (χ0n) is 22.8. The van der Waals surface area contributed by atoms with Crippen molar-refractivity contribution >= 4 is 27.7 Å². The van der Waals surface area contributed by atoms with Crippen LogP contribution in [0.25, 0.3) is 0 Å². The molecule has 0 aromatic heterocycles. The highest BCUT2D eigenvalue weighted by molar-refractivity contribution is 7.90. The number of hydrogen-bond donors (Lipinski definition) is 1.